The molecular formula is C15H20N4O2. The molecule has 6 heteroatoms. The van der Waals surface area contributed by atoms with E-state index in [0.29, 0.717) is 18.6 Å². The highest BCUT2D eigenvalue weighted by molar-refractivity contribution is 5.83. The highest BCUT2D eigenvalue weighted by atomic mass is 16.6. The number of pyridine rings is 1. The van der Waals surface area contributed by atoms with Crippen LogP contribution >= 0.6 is 0 Å². The minimum absolute atomic E-state index is 0.396. The number of hydrogen-bond donors (Lipinski definition) is 2. The van der Waals surface area contributed by atoms with Gasteiger partial charge in [-0.3, -0.25) is 5.10 Å². The van der Waals surface area contributed by atoms with Gasteiger partial charge >= 0.3 is 6.09 Å². The van der Waals surface area contributed by atoms with Gasteiger partial charge in [0.15, 0.2) is 5.65 Å². The zero-order valence-corrected chi connectivity index (χ0v) is 12.5. The smallest absolute Gasteiger partial charge is 0.407 e. The van der Waals surface area contributed by atoms with Crippen molar-refractivity contribution in [3.8, 4) is 0 Å². The molecule has 2 rings (SSSR count). The molecule has 0 atom stereocenters. The standard InChI is InChI=1S/C15H20N4O2/c1-15(2,3)21-14(20)17-9-5-4-8-12-11-7-6-10-16-13(11)19-18-12/h4,6-8,10H,5,9H2,1-3H3,(H,17,20)(H,16,18,19). The van der Waals surface area contributed by atoms with Crippen molar-refractivity contribution in [3.05, 3.63) is 30.1 Å². The van der Waals surface area contributed by atoms with Crippen molar-refractivity contribution in [1.29, 1.82) is 0 Å². The van der Waals surface area contributed by atoms with E-state index in [-0.39, 0.29) is 0 Å². The lowest BCUT2D eigenvalue weighted by molar-refractivity contribution is 0.0529. The first-order valence-corrected chi connectivity index (χ1v) is 6.88. The summed E-state index contributed by atoms with van der Waals surface area (Å²) in [5, 5.41) is 10.7. The molecule has 6 nitrogen and oxygen atoms in total. The van der Waals surface area contributed by atoms with Crippen LogP contribution in [0.15, 0.2) is 24.4 Å². The second kappa shape index (κ2) is 6.39. The van der Waals surface area contributed by atoms with Crippen LogP contribution in [0.25, 0.3) is 17.1 Å². The normalized spacial score (nSPS) is 12.0. The first kappa shape index (κ1) is 15.0. The third-order valence-corrected chi connectivity index (χ3v) is 2.62. The Morgan fingerprint density at radius 1 is 1.48 bits per heavy atom. The van der Waals surface area contributed by atoms with Gasteiger partial charge in [-0.1, -0.05) is 6.08 Å². The topological polar surface area (TPSA) is 79.9 Å². The molecule has 112 valence electrons. The molecule has 0 bridgehead atoms. The maximum Gasteiger partial charge on any atom is 0.407 e. The van der Waals surface area contributed by atoms with Crippen LogP contribution in [-0.2, 0) is 4.74 Å². The Morgan fingerprint density at radius 2 is 2.29 bits per heavy atom. The molecule has 2 N–H and O–H groups in total. The number of H-pyrrole nitrogens is 1. The van der Waals surface area contributed by atoms with Crippen molar-refractivity contribution in [2.24, 2.45) is 0 Å². The number of rotatable bonds is 4. The van der Waals surface area contributed by atoms with Gasteiger partial charge in [-0.25, -0.2) is 9.78 Å². The Bertz CT molecular complexity index is 640. The summed E-state index contributed by atoms with van der Waals surface area (Å²) in [5.74, 6) is 0. The number of aromatic amines is 1. The second-order valence-corrected chi connectivity index (χ2v) is 5.63. The minimum atomic E-state index is -0.470. The van der Waals surface area contributed by atoms with E-state index in [4.69, 9.17) is 4.74 Å². The van der Waals surface area contributed by atoms with Gasteiger partial charge in [0, 0.05) is 18.1 Å². The van der Waals surface area contributed by atoms with E-state index in [1.54, 1.807) is 6.20 Å². The largest absolute Gasteiger partial charge is 0.444 e. The third-order valence-electron chi connectivity index (χ3n) is 2.62. The minimum Gasteiger partial charge on any atom is -0.444 e. The lowest BCUT2D eigenvalue weighted by Gasteiger charge is -2.19. The number of amides is 1. The van der Waals surface area contributed by atoms with Gasteiger partial charge < -0.3 is 10.1 Å². The number of fused-ring (bicyclic) bond motifs is 1. The molecule has 0 aliphatic carbocycles. The Hall–Kier alpha value is -2.37. The van der Waals surface area contributed by atoms with E-state index in [9.17, 15) is 4.79 Å². The van der Waals surface area contributed by atoms with E-state index < -0.39 is 11.7 Å². The maximum absolute atomic E-state index is 11.4. The van der Waals surface area contributed by atoms with Crippen LogP contribution in [0, 0.1) is 0 Å². The molecule has 0 radical (unpaired) electrons. The van der Waals surface area contributed by atoms with E-state index in [2.05, 4.69) is 20.5 Å². The zero-order valence-electron chi connectivity index (χ0n) is 12.5. The van der Waals surface area contributed by atoms with Crippen LogP contribution in [0.2, 0.25) is 0 Å². The SMILES string of the molecule is CC(C)(C)OC(=O)NCCC=Cc1[nH]nc2ncccc12. The van der Waals surface area contributed by atoms with Crippen LogP contribution in [0.1, 0.15) is 32.9 Å². The van der Waals surface area contributed by atoms with Crippen LogP contribution in [0.4, 0.5) is 4.79 Å². The third kappa shape index (κ3) is 4.59. The Balaban J connectivity index is 1.80. The van der Waals surface area contributed by atoms with Crippen LogP contribution in [0.3, 0.4) is 0 Å². The number of hydrogen-bond acceptors (Lipinski definition) is 4. The van der Waals surface area contributed by atoms with E-state index in [0.717, 1.165) is 11.1 Å². The van der Waals surface area contributed by atoms with Gasteiger partial charge in [0.05, 0.1) is 5.69 Å². The lowest BCUT2D eigenvalue weighted by Crippen LogP contribution is -2.32. The lowest BCUT2D eigenvalue weighted by atomic mass is 10.2. The summed E-state index contributed by atoms with van der Waals surface area (Å²) in [6.07, 6.45) is 5.93. The van der Waals surface area contributed by atoms with Crippen molar-refractivity contribution in [1.82, 2.24) is 20.5 Å². The molecule has 2 heterocycles. The number of ether oxygens (including phenoxy) is 1. The van der Waals surface area contributed by atoms with Crippen molar-refractivity contribution < 1.29 is 9.53 Å². The number of nitrogens with zero attached hydrogens (tertiary/aromatic N) is 2. The first-order chi connectivity index (χ1) is 9.96. The maximum atomic E-state index is 11.4. The summed E-state index contributed by atoms with van der Waals surface area (Å²) in [6.45, 7) is 6.04. The molecular weight excluding hydrogens is 268 g/mol. The summed E-state index contributed by atoms with van der Waals surface area (Å²) >= 11 is 0. The number of nitrogens with one attached hydrogen (secondary N) is 2. The molecule has 0 aromatic carbocycles. The van der Waals surface area contributed by atoms with Crippen molar-refractivity contribution in [3.63, 3.8) is 0 Å². The van der Waals surface area contributed by atoms with Crippen molar-refractivity contribution >= 4 is 23.2 Å². The quantitative estimate of drug-likeness (QED) is 0.848. The van der Waals surface area contributed by atoms with Crippen molar-refractivity contribution in [2.45, 2.75) is 32.8 Å². The van der Waals surface area contributed by atoms with E-state index in [1.807, 2.05) is 45.1 Å². The van der Waals surface area contributed by atoms with Crippen LogP contribution in [0.5, 0.6) is 0 Å². The molecule has 21 heavy (non-hydrogen) atoms. The Morgan fingerprint density at radius 3 is 3.05 bits per heavy atom. The van der Waals surface area contributed by atoms with E-state index in [1.165, 1.54) is 0 Å². The van der Waals surface area contributed by atoms with Gasteiger partial charge in [-0.15, -0.1) is 0 Å². The fourth-order valence-electron chi connectivity index (χ4n) is 1.77. The predicted molar refractivity (Wildman–Crippen MR) is 81.8 cm³/mol. The fraction of sp³-hybridized carbons (Fsp3) is 0.400. The Labute approximate surface area is 123 Å². The molecule has 2 aromatic heterocycles. The molecule has 0 aliphatic rings. The number of carbonyl (C=O) groups excluding carboxylic acids is 1. The average molecular weight is 288 g/mol. The summed E-state index contributed by atoms with van der Waals surface area (Å²) in [5.41, 5.74) is 1.14. The summed E-state index contributed by atoms with van der Waals surface area (Å²) in [7, 11) is 0. The van der Waals surface area contributed by atoms with Gasteiger partial charge in [0.25, 0.3) is 0 Å². The summed E-state index contributed by atoms with van der Waals surface area (Å²) in [6, 6.07) is 3.84. The molecule has 0 spiro atoms. The Kier molecular flexibility index (Phi) is 4.57. The molecule has 0 fully saturated rings. The van der Waals surface area contributed by atoms with E-state index >= 15 is 0 Å². The van der Waals surface area contributed by atoms with Gasteiger partial charge in [0.1, 0.15) is 5.60 Å². The zero-order chi connectivity index (χ0) is 15.3. The van der Waals surface area contributed by atoms with Gasteiger partial charge in [0.2, 0.25) is 0 Å². The number of carbonyl (C=O) groups is 1. The highest BCUT2D eigenvalue weighted by Gasteiger charge is 2.15. The second-order valence-electron chi connectivity index (χ2n) is 5.63. The number of aromatic nitrogens is 3. The molecule has 0 aliphatic heterocycles. The summed E-state index contributed by atoms with van der Waals surface area (Å²) < 4.78 is 5.15. The van der Waals surface area contributed by atoms with Crippen LogP contribution < -0.4 is 5.32 Å². The summed E-state index contributed by atoms with van der Waals surface area (Å²) in [4.78, 5) is 15.6. The average Bonchev–Trinajstić information content (AvgIpc) is 2.80. The first-order valence-electron chi connectivity index (χ1n) is 6.88. The van der Waals surface area contributed by atoms with Crippen molar-refractivity contribution in [2.75, 3.05) is 6.54 Å². The highest BCUT2D eigenvalue weighted by Crippen LogP contribution is 2.14. The molecule has 0 saturated carbocycles. The predicted octanol–water partition coefficient (Wildman–Crippen LogP) is 2.89. The molecule has 2 aromatic rings. The fourth-order valence-corrected chi connectivity index (χ4v) is 1.77. The van der Waals surface area contributed by atoms with Gasteiger partial charge in [-0.05, 0) is 45.4 Å². The molecule has 1 amide bonds. The van der Waals surface area contributed by atoms with Crippen LogP contribution in [-0.4, -0.2) is 33.4 Å². The molecule has 0 saturated heterocycles. The monoisotopic (exact) mass is 288 g/mol. The number of alkyl carbamates (subject to hydrolysis) is 1. The van der Waals surface area contributed by atoms with Gasteiger partial charge in [-0.2, -0.15) is 5.10 Å². The molecule has 0 unspecified atom stereocenters.